The van der Waals surface area contributed by atoms with Gasteiger partial charge in [-0.25, -0.2) is 0 Å². The third-order valence-electron chi connectivity index (χ3n) is 4.46. The van der Waals surface area contributed by atoms with Crippen LogP contribution >= 0.6 is 11.8 Å². The van der Waals surface area contributed by atoms with Crippen molar-refractivity contribution in [3.8, 4) is 5.75 Å². The molecule has 0 spiro atoms. The number of ether oxygens (including phenoxy) is 1. The first kappa shape index (κ1) is 16.1. The first-order chi connectivity index (χ1) is 13.3. The number of aliphatic imine (C=N–C) groups is 1. The van der Waals surface area contributed by atoms with E-state index in [4.69, 9.17) is 9.73 Å². The maximum atomic E-state index is 11.7. The number of hydrogen-bond donors (Lipinski definition) is 1. The minimum absolute atomic E-state index is 0.0284. The summed E-state index contributed by atoms with van der Waals surface area (Å²) in [6.45, 7) is 0.0487. The molecule has 2 aromatic carbocycles. The molecule has 5 nitrogen and oxygen atoms in total. The standard InChI is InChI=1S/C21H15N3O2S/c25-19-12-26-17-9-8-13(11-16(17)23-19)20-21(15-6-3-4-10-22-15)27-18-7-2-1-5-14(18)24-20/h1-11,21H,12H2,(H,23,25). The molecule has 2 aliphatic heterocycles. The van der Waals surface area contributed by atoms with Crippen LogP contribution in [0.4, 0.5) is 11.4 Å². The molecule has 2 aliphatic rings. The lowest BCUT2D eigenvalue weighted by atomic mass is 10.0. The zero-order valence-corrected chi connectivity index (χ0v) is 15.1. The van der Waals surface area contributed by atoms with E-state index >= 15 is 0 Å². The molecule has 0 radical (unpaired) electrons. The number of carbonyl (C=O) groups is 1. The number of benzene rings is 2. The van der Waals surface area contributed by atoms with Gasteiger partial charge in [0.1, 0.15) is 5.75 Å². The van der Waals surface area contributed by atoms with E-state index in [9.17, 15) is 4.79 Å². The summed E-state index contributed by atoms with van der Waals surface area (Å²) in [6, 6.07) is 19.8. The first-order valence-electron chi connectivity index (χ1n) is 8.60. The topological polar surface area (TPSA) is 63.6 Å². The lowest BCUT2D eigenvalue weighted by Gasteiger charge is -2.25. The Hall–Kier alpha value is -3.12. The van der Waals surface area contributed by atoms with Crippen molar-refractivity contribution in [1.29, 1.82) is 0 Å². The molecule has 1 N–H and O–H groups in total. The molecule has 27 heavy (non-hydrogen) atoms. The Morgan fingerprint density at radius 2 is 1.96 bits per heavy atom. The van der Waals surface area contributed by atoms with Crippen LogP contribution in [0.3, 0.4) is 0 Å². The third kappa shape index (κ3) is 2.98. The van der Waals surface area contributed by atoms with Crippen molar-refractivity contribution in [1.82, 2.24) is 4.98 Å². The summed E-state index contributed by atoms with van der Waals surface area (Å²) >= 11 is 1.74. The fraction of sp³-hybridized carbons (Fsp3) is 0.0952. The quantitative estimate of drug-likeness (QED) is 0.724. The van der Waals surface area contributed by atoms with Gasteiger partial charge in [0, 0.05) is 11.1 Å². The van der Waals surface area contributed by atoms with Gasteiger partial charge in [0.15, 0.2) is 6.61 Å². The molecule has 0 aliphatic carbocycles. The Labute approximate surface area is 160 Å². The van der Waals surface area contributed by atoms with Gasteiger partial charge in [0.25, 0.3) is 5.91 Å². The van der Waals surface area contributed by atoms with Gasteiger partial charge in [0.05, 0.1) is 28.0 Å². The number of fused-ring (bicyclic) bond motifs is 2. The number of rotatable bonds is 2. The van der Waals surface area contributed by atoms with Crippen LogP contribution < -0.4 is 10.1 Å². The fourth-order valence-electron chi connectivity index (χ4n) is 3.21. The lowest BCUT2D eigenvalue weighted by Crippen LogP contribution is -2.25. The summed E-state index contributed by atoms with van der Waals surface area (Å²) in [7, 11) is 0. The molecular formula is C21H15N3O2S. The summed E-state index contributed by atoms with van der Waals surface area (Å²) in [5.74, 6) is 0.531. The minimum Gasteiger partial charge on any atom is -0.482 e. The van der Waals surface area contributed by atoms with Crippen molar-refractivity contribution in [3.05, 3.63) is 78.1 Å². The van der Waals surface area contributed by atoms with Crippen molar-refractivity contribution in [2.24, 2.45) is 4.99 Å². The van der Waals surface area contributed by atoms with Gasteiger partial charge in [0.2, 0.25) is 0 Å². The molecular weight excluding hydrogens is 358 g/mol. The maximum absolute atomic E-state index is 11.7. The lowest BCUT2D eigenvalue weighted by molar-refractivity contribution is -0.118. The molecule has 1 aromatic heterocycles. The zero-order valence-electron chi connectivity index (χ0n) is 14.3. The smallest absolute Gasteiger partial charge is 0.262 e. The molecule has 132 valence electrons. The Balaban J connectivity index is 1.64. The van der Waals surface area contributed by atoms with Crippen LogP contribution in [-0.2, 0) is 4.79 Å². The zero-order chi connectivity index (χ0) is 18.2. The number of thioether (sulfide) groups is 1. The third-order valence-corrected chi connectivity index (χ3v) is 5.76. The van der Waals surface area contributed by atoms with E-state index in [0.717, 1.165) is 27.6 Å². The number of nitrogens with zero attached hydrogens (tertiary/aromatic N) is 2. The number of anilines is 1. The van der Waals surface area contributed by atoms with Crippen LogP contribution in [0, 0.1) is 0 Å². The molecule has 0 saturated carbocycles. The van der Waals surface area contributed by atoms with Crippen molar-refractivity contribution in [3.63, 3.8) is 0 Å². The van der Waals surface area contributed by atoms with Crippen LogP contribution in [0.15, 0.2) is 76.7 Å². The fourth-order valence-corrected chi connectivity index (χ4v) is 4.42. The van der Waals surface area contributed by atoms with E-state index in [0.29, 0.717) is 11.4 Å². The summed E-state index contributed by atoms with van der Waals surface area (Å²) in [4.78, 5) is 22.3. The number of aromatic nitrogens is 1. The molecule has 3 aromatic rings. The van der Waals surface area contributed by atoms with Gasteiger partial charge in [-0.1, -0.05) is 18.2 Å². The van der Waals surface area contributed by atoms with Crippen LogP contribution in [-0.4, -0.2) is 23.2 Å². The van der Waals surface area contributed by atoms with Gasteiger partial charge in [-0.2, -0.15) is 0 Å². The van der Waals surface area contributed by atoms with Gasteiger partial charge in [-0.05, 0) is 48.0 Å². The molecule has 0 fully saturated rings. The van der Waals surface area contributed by atoms with Crippen molar-refractivity contribution in [2.75, 3.05) is 11.9 Å². The average molecular weight is 373 g/mol. The van der Waals surface area contributed by atoms with Crippen LogP contribution in [0.5, 0.6) is 5.75 Å². The Kier molecular flexibility index (Phi) is 3.90. The van der Waals surface area contributed by atoms with Crippen LogP contribution in [0.2, 0.25) is 0 Å². The summed E-state index contributed by atoms with van der Waals surface area (Å²) in [6.07, 6.45) is 1.80. The number of para-hydroxylation sites is 1. The van der Waals surface area contributed by atoms with Crippen molar-refractivity contribution >= 4 is 34.8 Å². The van der Waals surface area contributed by atoms with E-state index in [1.807, 2.05) is 54.6 Å². The summed E-state index contributed by atoms with van der Waals surface area (Å²) < 4.78 is 5.48. The summed E-state index contributed by atoms with van der Waals surface area (Å²) in [5.41, 5.74) is 4.43. The van der Waals surface area contributed by atoms with Crippen LogP contribution in [0.25, 0.3) is 0 Å². The minimum atomic E-state index is -0.147. The largest absolute Gasteiger partial charge is 0.482 e. The number of carbonyl (C=O) groups excluding carboxylic acids is 1. The number of amides is 1. The second-order valence-corrected chi connectivity index (χ2v) is 7.41. The second kappa shape index (κ2) is 6.55. The van der Waals surface area contributed by atoms with Gasteiger partial charge < -0.3 is 10.1 Å². The number of nitrogens with one attached hydrogen (secondary N) is 1. The molecule has 3 heterocycles. The van der Waals surface area contributed by atoms with E-state index in [1.165, 1.54) is 0 Å². The van der Waals surface area contributed by atoms with E-state index < -0.39 is 0 Å². The monoisotopic (exact) mass is 373 g/mol. The van der Waals surface area contributed by atoms with Crippen molar-refractivity contribution < 1.29 is 9.53 Å². The van der Waals surface area contributed by atoms with Crippen molar-refractivity contribution in [2.45, 2.75) is 10.1 Å². The molecule has 1 atom stereocenters. The van der Waals surface area contributed by atoms with E-state index in [1.54, 1.807) is 18.0 Å². The predicted octanol–water partition coefficient (Wildman–Crippen LogP) is 4.38. The highest BCUT2D eigenvalue weighted by molar-refractivity contribution is 8.00. The predicted molar refractivity (Wildman–Crippen MR) is 106 cm³/mol. The van der Waals surface area contributed by atoms with Gasteiger partial charge >= 0.3 is 0 Å². The molecule has 1 amide bonds. The summed E-state index contributed by atoms with van der Waals surface area (Å²) in [5, 5.41) is 2.84. The highest BCUT2D eigenvalue weighted by atomic mass is 32.2. The molecule has 5 rings (SSSR count). The molecule has 0 bridgehead atoms. The Morgan fingerprint density at radius 1 is 1.07 bits per heavy atom. The number of pyridine rings is 1. The Morgan fingerprint density at radius 3 is 2.85 bits per heavy atom. The highest BCUT2D eigenvalue weighted by Gasteiger charge is 2.28. The molecule has 6 heteroatoms. The average Bonchev–Trinajstić information content (AvgIpc) is 2.73. The Bertz CT molecular complexity index is 1070. The van der Waals surface area contributed by atoms with Crippen LogP contribution in [0.1, 0.15) is 16.5 Å². The number of hydrogen-bond acceptors (Lipinski definition) is 5. The molecule has 0 saturated heterocycles. The first-order valence-corrected chi connectivity index (χ1v) is 9.48. The van der Waals surface area contributed by atoms with E-state index in [2.05, 4.69) is 16.4 Å². The van der Waals surface area contributed by atoms with E-state index in [-0.39, 0.29) is 17.8 Å². The normalized spacial score (nSPS) is 17.9. The highest BCUT2D eigenvalue weighted by Crippen LogP contribution is 2.46. The van der Waals surface area contributed by atoms with Gasteiger partial charge in [-0.3, -0.25) is 14.8 Å². The molecule has 1 unspecified atom stereocenters. The second-order valence-electron chi connectivity index (χ2n) is 6.27. The maximum Gasteiger partial charge on any atom is 0.262 e. The van der Waals surface area contributed by atoms with Gasteiger partial charge in [-0.15, -0.1) is 11.8 Å². The SMILES string of the molecule is O=C1COc2ccc(C3=Nc4ccccc4SC3c3ccccn3)cc2N1.